The predicted octanol–water partition coefficient (Wildman–Crippen LogP) is 4.55. The smallest absolute Gasteiger partial charge is 0.225 e. The first-order valence-corrected chi connectivity index (χ1v) is 8.88. The zero-order valence-corrected chi connectivity index (χ0v) is 15.8. The second kappa shape index (κ2) is 8.89. The lowest BCUT2D eigenvalue weighted by atomic mass is 10.2. The van der Waals surface area contributed by atoms with Crippen molar-refractivity contribution in [3.8, 4) is 11.5 Å². The number of nitrogens with zero attached hydrogens (tertiary/aromatic N) is 2. The third-order valence-corrected chi connectivity index (χ3v) is 3.90. The first-order chi connectivity index (χ1) is 13.2. The molecule has 0 fully saturated rings. The molecule has 0 radical (unpaired) electrons. The third-order valence-electron chi connectivity index (χ3n) is 3.90. The van der Waals surface area contributed by atoms with Crippen molar-refractivity contribution in [2.45, 2.75) is 20.4 Å². The van der Waals surface area contributed by atoms with Gasteiger partial charge >= 0.3 is 0 Å². The Morgan fingerprint density at radius 1 is 0.926 bits per heavy atom. The number of benzene rings is 2. The van der Waals surface area contributed by atoms with Crippen molar-refractivity contribution >= 4 is 17.5 Å². The Bertz CT molecular complexity index is 864. The van der Waals surface area contributed by atoms with Crippen molar-refractivity contribution in [2.75, 3.05) is 24.4 Å². The van der Waals surface area contributed by atoms with E-state index in [0.717, 1.165) is 34.3 Å². The number of nitrogens with one attached hydrogen (secondary N) is 2. The Morgan fingerprint density at radius 2 is 1.63 bits per heavy atom. The molecule has 0 saturated carbocycles. The minimum absolute atomic E-state index is 0.583. The van der Waals surface area contributed by atoms with Crippen molar-refractivity contribution in [2.24, 2.45) is 0 Å². The van der Waals surface area contributed by atoms with Crippen LogP contribution in [0.4, 0.5) is 17.5 Å². The number of ether oxygens (including phenoxy) is 2. The van der Waals surface area contributed by atoms with Gasteiger partial charge in [-0.15, -0.1) is 0 Å². The molecule has 6 heteroatoms. The molecule has 0 unspecified atom stereocenters. The molecule has 0 aliphatic heterocycles. The van der Waals surface area contributed by atoms with Gasteiger partial charge in [0.15, 0.2) is 0 Å². The van der Waals surface area contributed by atoms with Crippen LogP contribution >= 0.6 is 0 Å². The highest BCUT2D eigenvalue weighted by molar-refractivity contribution is 5.58. The summed E-state index contributed by atoms with van der Waals surface area (Å²) in [6.45, 7) is 5.21. The van der Waals surface area contributed by atoms with E-state index in [4.69, 9.17) is 9.47 Å². The van der Waals surface area contributed by atoms with E-state index in [1.54, 1.807) is 7.11 Å². The van der Waals surface area contributed by atoms with E-state index in [2.05, 4.69) is 20.6 Å². The van der Waals surface area contributed by atoms with Gasteiger partial charge in [0.05, 0.1) is 13.7 Å². The Hall–Kier alpha value is -3.28. The zero-order chi connectivity index (χ0) is 19.1. The molecule has 3 rings (SSSR count). The van der Waals surface area contributed by atoms with Crippen molar-refractivity contribution in [1.29, 1.82) is 0 Å². The van der Waals surface area contributed by atoms with Crippen molar-refractivity contribution in [3.63, 3.8) is 0 Å². The molecule has 0 spiro atoms. The van der Waals surface area contributed by atoms with Gasteiger partial charge in [-0.2, -0.15) is 4.98 Å². The van der Waals surface area contributed by atoms with Crippen LogP contribution in [0.3, 0.4) is 0 Å². The van der Waals surface area contributed by atoms with E-state index in [9.17, 15) is 0 Å². The SMILES string of the molecule is CCOc1ccc(Nc2cc(C)nc(NCc3ccc(OC)cc3)n2)cc1. The number of aromatic nitrogens is 2. The molecule has 1 aromatic heterocycles. The van der Waals surface area contributed by atoms with E-state index >= 15 is 0 Å². The van der Waals surface area contributed by atoms with E-state index in [1.165, 1.54) is 0 Å². The molecule has 27 heavy (non-hydrogen) atoms. The Labute approximate surface area is 159 Å². The summed E-state index contributed by atoms with van der Waals surface area (Å²) in [7, 11) is 1.66. The van der Waals surface area contributed by atoms with E-state index in [1.807, 2.05) is 68.4 Å². The number of hydrogen-bond acceptors (Lipinski definition) is 6. The molecule has 2 aromatic carbocycles. The summed E-state index contributed by atoms with van der Waals surface area (Å²) in [5.41, 5.74) is 2.95. The van der Waals surface area contributed by atoms with Crippen LogP contribution in [0.1, 0.15) is 18.2 Å². The number of rotatable bonds is 8. The number of methoxy groups -OCH3 is 1. The Morgan fingerprint density at radius 3 is 2.30 bits per heavy atom. The molecule has 0 amide bonds. The fourth-order valence-electron chi connectivity index (χ4n) is 2.59. The van der Waals surface area contributed by atoms with Gasteiger partial charge in [0.2, 0.25) is 5.95 Å². The first-order valence-electron chi connectivity index (χ1n) is 8.88. The molecule has 3 aromatic rings. The van der Waals surface area contributed by atoms with Crippen LogP contribution in [0, 0.1) is 6.92 Å². The molecule has 0 bridgehead atoms. The predicted molar refractivity (Wildman–Crippen MR) is 108 cm³/mol. The average Bonchev–Trinajstić information content (AvgIpc) is 2.68. The van der Waals surface area contributed by atoms with Crippen LogP contribution in [-0.2, 0) is 6.54 Å². The zero-order valence-electron chi connectivity index (χ0n) is 15.8. The molecular weight excluding hydrogens is 340 g/mol. The summed E-state index contributed by atoms with van der Waals surface area (Å²) in [5, 5.41) is 6.57. The molecule has 0 saturated heterocycles. The van der Waals surface area contributed by atoms with Gasteiger partial charge in [-0.05, 0) is 55.8 Å². The maximum atomic E-state index is 5.47. The summed E-state index contributed by atoms with van der Waals surface area (Å²) in [6, 6.07) is 17.6. The standard InChI is InChI=1S/C21H24N4O2/c1-4-27-19-11-7-17(8-12-19)24-20-13-15(2)23-21(25-20)22-14-16-5-9-18(26-3)10-6-16/h5-13H,4,14H2,1-3H3,(H2,22,23,24,25). The lowest BCUT2D eigenvalue weighted by molar-refractivity contribution is 0.340. The Kier molecular flexibility index (Phi) is 6.10. The minimum atomic E-state index is 0.583. The minimum Gasteiger partial charge on any atom is -0.497 e. The van der Waals surface area contributed by atoms with Gasteiger partial charge in [0.1, 0.15) is 17.3 Å². The maximum Gasteiger partial charge on any atom is 0.225 e. The first kappa shape index (κ1) is 18.5. The highest BCUT2D eigenvalue weighted by atomic mass is 16.5. The van der Waals surface area contributed by atoms with Crippen LogP contribution in [0.5, 0.6) is 11.5 Å². The molecule has 2 N–H and O–H groups in total. The van der Waals surface area contributed by atoms with Crippen LogP contribution in [0.2, 0.25) is 0 Å². The average molecular weight is 364 g/mol. The van der Waals surface area contributed by atoms with Gasteiger partial charge in [-0.25, -0.2) is 4.98 Å². The topological polar surface area (TPSA) is 68.3 Å². The summed E-state index contributed by atoms with van der Waals surface area (Å²) in [5.74, 6) is 3.01. The maximum absolute atomic E-state index is 5.47. The third kappa shape index (κ3) is 5.34. The van der Waals surface area contributed by atoms with Gasteiger partial charge in [-0.3, -0.25) is 0 Å². The number of anilines is 3. The second-order valence-electron chi connectivity index (χ2n) is 6.00. The van der Waals surface area contributed by atoms with Crippen molar-refractivity contribution < 1.29 is 9.47 Å². The van der Waals surface area contributed by atoms with Crippen LogP contribution < -0.4 is 20.1 Å². The lowest BCUT2D eigenvalue weighted by Gasteiger charge is -2.11. The highest BCUT2D eigenvalue weighted by Gasteiger charge is 2.04. The molecule has 6 nitrogen and oxygen atoms in total. The van der Waals surface area contributed by atoms with Gasteiger partial charge < -0.3 is 20.1 Å². The lowest BCUT2D eigenvalue weighted by Crippen LogP contribution is -2.06. The second-order valence-corrected chi connectivity index (χ2v) is 6.00. The molecule has 140 valence electrons. The van der Waals surface area contributed by atoms with Gasteiger partial charge in [0, 0.05) is 24.0 Å². The van der Waals surface area contributed by atoms with Crippen molar-refractivity contribution in [1.82, 2.24) is 9.97 Å². The summed E-state index contributed by atoms with van der Waals surface area (Å²) in [6.07, 6.45) is 0. The summed E-state index contributed by atoms with van der Waals surface area (Å²) in [4.78, 5) is 9.00. The van der Waals surface area contributed by atoms with Gasteiger partial charge in [-0.1, -0.05) is 12.1 Å². The van der Waals surface area contributed by atoms with Crippen LogP contribution in [0.25, 0.3) is 0 Å². The molecular formula is C21H24N4O2. The number of hydrogen-bond donors (Lipinski definition) is 2. The molecule has 0 atom stereocenters. The van der Waals surface area contributed by atoms with Gasteiger partial charge in [0.25, 0.3) is 0 Å². The highest BCUT2D eigenvalue weighted by Crippen LogP contribution is 2.20. The fraction of sp³-hybridized carbons (Fsp3) is 0.238. The molecule has 0 aliphatic rings. The normalized spacial score (nSPS) is 10.3. The largest absolute Gasteiger partial charge is 0.497 e. The summed E-state index contributed by atoms with van der Waals surface area (Å²) >= 11 is 0. The Balaban J connectivity index is 1.66. The monoisotopic (exact) mass is 364 g/mol. The quantitative estimate of drug-likeness (QED) is 0.611. The molecule has 0 aliphatic carbocycles. The van der Waals surface area contributed by atoms with Crippen LogP contribution in [0.15, 0.2) is 54.6 Å². The summed E-state index contributed by atoms with van der Waals surface area (Å²) < 4.78 is 10.6. The van der Waals surface area contributed by atoms with E-state index in [0.29, 0.717) is 19.1 Å². The van der Waals surface area contributed by atoms with Crippen LogP contribution in [-0.4, -0.2) is 23.7 Å². The van der Waals surface area contributed by atoms with Crippen molar-refractivity contribution in [3.05, 3.63) is 65.9 Å². The van der Waals surface area contributed by atoms with E-state index < -0.39 is 0 Å². The van der Waals surface area contributed by atoms with E-state index in [-0.39, 0.29) is 0 Å². The molecule has 1 heterocycles. The number of aryl methyl sites for hydroxylation is 1. The fourth-order valence-corrected chi connectivity index (χ4v) is 2.59.